The second-order valence-corrected chi connectivity index (χ2v) is 6.50. The summed E-state index contributed by atoms with van der Waals surface area (Å²) in [6, 6.07) is 2.43. The van der Waals surface area contributed by atoms with Crippen molar-refractivity contribution < 1.29 is 10.2 Å². The molecule has 1 fully saturated rings. The van der Waals surface area contributed by atoms with Gasteiger partial charge in [0, 0.05) is 5.41 Å². The summed E-state index contributed by atoms with van der Waals surface area (Å²) in [4.78, 5) is 0. The molecule has 18 heavy (non-hydrogen) atoms. The summed E-state index contributed by atoms with van der Waals surface area (Å²) in [6.45, 7) is 6.45. The van der Waals surface area contributed by atoms with Crippen LogP contribution in [0.15, 0.2) is 11.6 Å². The highest BCUT2D eigenvalue weighted by atomic mass is 16.3. The van der Waals surface area contributed by atoms with Crippen LogP contribution in [0.1, 0.15) is 40.0 Å². The molecule has 0 spiro atoms. The molecule has 0 aromatic rings. The van der Waals surface area contributed by atoms with Gasteiger partial charge >= 0.3 is 0 Å². The van der Waals surface area contributed by atoms with Crippen LogP contribution in [0.5, 0.6) is 0 Å². The first-order valence-electron chi connectivity index (χ1n) is 6.85. The lowest BCUT2D eigenvalue weighted by Crippen LogP contribution is -2.45. The smallest absolute Gasteiger partial charge is 0.0983 e. The third kappa shape index (κ3) is 2.08. The van der Waals surface area contributed by atoms with Crippen LogP contribution in [0.4, 0.5) is 0 Å². The van der Waals surface area contributed by atoms with Crippen molar-refractivity contribution >= 4 is 0 Å². The number of rotatable bonds is 1. The minimum Gasteiger partial charge on any atom is -0.390 e. The molecular formula is C15H23NO2. The van der Waals surface area contributed by atoms with E-state index in [0.29, 0.717) is 18.3 Å². The Kier molecular flexibility index (Phi) is 3.53. The third-order valence-corrected chi connectivity index (χ3v) is 5.02. The van der Waals surface area contributed by atoms with Gasteiger partial charge in [-0.1, -0.05) is 32.4 Å². The van der Waals surface area contributed by atoms with E-state index < -0.39 is 12.2 Å². The van der Waals surface area contributed by atoms with E-state index in [1.165, 1.54) is 5.57 Å². The van der Waals surface area contributed by atoms with Gasteiger partial charge in [0.1, 0.15) is 0 Å². The van der Waals surface area contributed by atoms with E-state index in [9.17, 15) is 15.5 Å². The Morgan fingerprint density at radius 3 is 2.67 bits per heavy atom. The molecule has 0 aromatic carbocycles. The molecule has 0 aromatic heterocycles. The van der Waals surface area contributed by atoms with Gasteiger partial charge in [-0.25, -0.2) is 0 Å². The van der Waals surface area contributed by atoms with E-state index in [1.807, 2.05) is 0 Å². The monoisotopic (exact) mass is 249 g/mol. The van der Waals surface area contributed by atoms with E-state index in [2.05, 4.69) is 26.8 Å². The van der Waals surface area contributed by atoms with E-state index in [1.54, 1.807) is 6.08 Å². The fourth-order valence-electron chi connectivity index (χ4n) is 3.49. The Balaban J connectivity index is 2.36. The van der Waals surface area contributed by atoms with Crippen molar-refractivity contribution in [1.29, 1.82) is 5.26 Å². The molecule has 0 aliphatic heterocycles. The van der Waals surface area contributed by atoms with Gasteiger partial charge in [-0.05, 0) is 31.1 Å². The van der Waals surface area contributed by atoms with Gasteiger partial charge in [0.25, 0.3) is 0 Å². The number of fused-ring (bicyclic) bond motifs is 1. The molecule has 0 amide bonds. The van der Waals surface area contributed by atoms with Crippen LogP contribution in [-0.2, 0) is 0 Å². The van der Waals surface area contributed by atoms with Gasteiger partial charge in [0.05, 0.1) is 24.2 Å². The maximum Gasteiger partial charge on any atom is 0.0983 e. The number of nitriles is 1. The summed E-state index contributed by atoms with van der Waals surface area (Å²) in [5.41, 5.74) is 0.926. The fourth-order valence-corrected chi connectivity index (χ4v) is 3.49. The highest BCUT2D eigenvalue weighted by Crippen LogP contribution is 2.53. The molecule has 0 unspecified atom stereocenters. The van der Waals surface area contributed by atoms with Crippen molar-refractivity contribution in [2.24, 2.45) is 23.2 Å². The highest BCUT2D eigenvalue weighted by molar-refractivity contribution is 5.27. The predicted octanol–water partition coefficient (Wildman–Crippen LogP) is 2.25. The molecule has 3 nitrogen and oxygen atoms in total. The van der Waals surface area contributed by atoms with Crippen molar-refractivity contribution in [3.63, 3.8) is 0 Å². The van der Waals surface area contributed by atoms with Gasteiger partial charge in [-0.3, -0.25) is 0 Å². The topological polar surface area (TPSA) is 64.2 Å². The molecule has 1 saturated carbocycles. The van der Waals surface area contributed by atoms with Crippen molar-refractivity contribution in [2.45, 2.75) is 52.2 Å². The third-order valence-electron chi connectivity index (χ3n) is 5.02. The van der Waals surface area contributed by atoms with Gasteiger partial charge in [0.2, 0.25) is 0 Å². The Morgan fingerprint density at radius 2 is 2.11 bits per heavy atom. The van der Waals surface area contributed by atoms with E-state index in [0.717, 1.165) is 12.8 Å². The Bertz CT molecular complexity index is 396. The molecular weight excluding hydrogens is 226 g/mol. The molecule has 2 N–H and O–H groups in total. The number of aliphatic hydroxyl groups is 2. The Morgan fingerprint density at radius 1 is 1.44 bits per heavy atom. The van der Waals surface area contributed by atoms with Crippen molar-refractivity contribution in [1.82, 2.24) is 0 Å². The van der Waals surface area contributed by atoms with E-state index in [-0.39, 0.29) is 11.3 Å². The lowest BCUT2D eigenvalue weighted by atomic mass is 9.56. The molecule has 2 rings (SSSR count). The molecule has 2 aliphatic rings. The second-order valence-electron chi connectivity index (χ2n) is 6.50. The molecule has 5 atom stereocenters. The first-order chi connectivity index (χ1) is 8.38. The number of hydrogen-bond donors (Lipinski definition) is 2. The van der Waals surface area contributed by atoms with E-state index >= 15 is 0 Å². The first-order valence-corrected chi connectivity index (χ1v) is 6.85. The second kappa shape index (κ2) is 4.68. The van der Waals surface area contributed by atoms with Crippen LogP contribution in [0.25, 0.3) is 0 Å². The first kappa shape index (κ1) is 13.6. The summed E-state index contributed by atoms with van der Waals surface area (Å²) in [7, 11) is 0. The van der Waals surface area contributed by atoms with E-state index in [4.69, 9.17) is 0 Å². The molecule has 0 saturated heterocycles. The summed E-state index contributed by atoms with van der Waals surface area (Å²) >= 11 is 0. The lowest BCUT2D eigenvalue weighted by Gasteiger charge is -2.48. The van der Waals surface area contributed by atoms with Crippen LogP contribution in [0.3, 0.4) is 0 Å². The molecule has 3 heteroatoms. The van der Waals surface area contributed by atoms with Crippen LogP contribution >= 0.6 is 0 Å². The largest absolute Gasteiger partial charge is 0.390 e. The number of allylic oxidation sites excluding steroid dienone is 1. The van der Waals surface area contributed by atoms with Gasteiger partial charge in [-0.2, -0.15) is 5.26 Å². The minimum atomic E-state index is -0.765. The average Bonchev–Trinajstić information content (AvgIpc) is 2.29. The normalized spacial score (nSPS) is 44.2. The van der Waals surface area contributed by atoms with Crippen LogP contribution < -0.4 is 0 Å². The van der Waals surface area contributed by atoms with Crippen molar-refractivity contribution in [2.75, 3.05) is 0 Å². The van der Waals surface area contributed by atoms with Crippen molar-refractivity contribution in [3.8, 4) is 6.07 Å². The molecule has 2 aliphatic carbocycles. The average molecular weight is 249 g/mol. The molecule has 100 valence electrons. The van der Waals surface area contributed by atoms with Crippen LogP contribution in [0, 0.1) is 34.5 Å². The zero-order valence-corrected chi connectivity index (χ0v) is 11.4. The SMILES string of the molecule is CC(C)[C@H]1CC2=C[C@@H](O)[C@H](O)C[C@@]2(C)[C@H](C#N)C1. The molecule has 0 radical (unpaired) electrons. The maximum absolute atomic E-state index is 9.87. The quantitative estimate of drug-likeness (QED) is 0.701. The van der Waals surface area contributed by atoms with Crippen LogP contribution in [-0.4, -0.2) is 22.4 Å². The zero-order valence-electron chi connectivity index (χ0n) is 11.4. The number of hydrogen-bond acceptors (Lipinski definition) is 3. The Hall–Kier alpha value is -0.850. The number of nitrogens with zero attached hydrogens (tertiary/aromatic N) is 1. The molecule has 0 bridgehead atoms. The van der Waals surface area contributed by atoms with Crippen molar-refractivity contribution in [3.05, 3.63) is 11.6 Å². The summed E-state index contributed by atoms with van der Waals surface area (Å²) in [5.74, 6) is 1.01. The predicted molar refractivity (Wildman–Crippen MR) is 69.5 cm³/mol. The maximum atomic E-state index is 9.87. The Labute approximate surface area is 109 Å². The van der Waals surface area contributed by atoms with Gasteiger partial charge in [-0.15, -0.1) is 0 Å². The zero-order chi connectivity index (χ0) is 13.5. The summed E-state index contributed by atoms with van der Waals surface area (Å²) < 4.78 is 0. The van der Waals surface area contributed by atoms with Crippen LogP contribution in [0.2, 0.25) is 0 Å². The lowest BCUT2D eigenvalue weighted by molar-refractivity contribution is -0.0112. The summed E-state index contributed by atoms with van der Waals surface area (Å²) in [6.07, 6.45) is 2.67. The molecule has 0 heterocycles. The summed E-state index contributed by atoms with van der Waals surface area (Å²) in [5, 5.41) is 29.1. The van der Waals surface area contributed by atoms with Gasteiger partial charge in [0.15, 0.2) is 0 Å². The highest BCUT2D eigenvalue weighted by Gasteiger charge is 2.48. The van der Waals surface area contributed by atoms with Gasteiger partial charge < -0.3 is 10.2 Å². The standard InChI is InChI=1S/C15H23NO2/c1-9(2)10-4-11-6-13(17)14(18)7-15(11,3)12(5-10)8-16/h6,9-10,12-14,17-18H,4-5,7H2,1-3H3/t10-,12-,13+,14+,15+/m0/s1. The minimum absolute atomic E-state index is 0.0490. The fraction of sp³-hybridized carbons (Fsp3) is 0.800. The number of aliphatic hydroxyl groups excluding tert-OH is 2.